The second-order valence-corrected chi connectivity index (χ2v) is 12.1. The average Bonchev–Trinajstić information content (AvgIpc) is 3.57. The Labute approximate surface area is 243 Å². The van der Waals surface area contributed by atoms with Gasteiger partial charge in [0.25, 0.3) is 5.91 Å². The fourth-order valence-electron chi connectivity index (χ4n) is 5.79. The van der Waals surface area contributed by atoms with Gasteiger partial charge in [0.15, 0.2) is 0 Å². The molecular weight excluding hydrogens is 514 g/mol. The number of thiophene rings is 1. The number of benzene rings is 2. The third kappa shape index (κ3) is 6.87. The number of fused-ring (bicyclic) bond motifs is 2. The lowest BCUT2D eigenvalue weighted by atomic mass is 10.1. The molecule has 7 heteroatoms. The molecule has 214 valence electrons. The van der Waals surface area contributed by atoms with Crippen LogP contribution in [0.2, 0.25) is 0 Å². The lowest BCUT2D eigenvalue weighted by molar-refractivity contribution is 0.0751. The Balaban J connectivity index is 1.40. The molecule has 2 aromatic heterocycles. The molecule has 0 atom stereocenters. The van der Waals surface area contributed by atoms with E-state index in [-0.39, 0.29) is 5.91 Å². The first-order valence-corrected chi connectivity index (χ1v) is 16.3. The van der Waals surface area contributed by atoms with E-state index in [2.05, 4.69) is 64.3 Å². The molecule has 40 heavy (non-hydrogen) atoms. The predicted molar refractivity (Wildman–Crippen MR) is 170 cm³/mol. The molecule has 0 bridgehead atoms. The molecule has 0 aliphatic carbocycles. The van der Waals surface area contributed by atoms with Gasteiger partial charge in [-0.05, 0) is 92.3 Å². The summed E-state index contributed by atoms with van der Waals surface area (Å²) in [7, 11) is 0. The first-order chi connectivity index (χ1) is 19.7. The summed E-state index contributed by atoms with van der Waals surface area (Å²) in [5.41, 5.74) is 4.06. The van der Waals surface area contributed by atoms with Crippen molar-refractivity contribution in [3.8, 4) is 0 Å². The highest BCUT2D eigenvalue weighted by molar-refractivity contribution is 7.17. The van der Waals surface area contributed by atoms with Crippen molar-refractivity contribution in [1.29, 1.82) is 0 Å². The molecule has 1 aliphatic heterocycles. The van der Waals surface area contributed by atoms with E-state index in [0.29, 0.717) is 0 Å². The van der Waals surface area contributed by atoms with Crippen molar-refractivity contribution in [2.24, 2.45) is 0 Å². The van der Waals surface area contributed by atoms with Crippen molar-refractivity contribution in [3.63, 3.8) is 0 Å². The molecule has 0 spiro atoms. The Morgan fingerprint density at radius 1 is 0.975 bits per heavy atom. The van der Waals surface area contributed by atoms with Crippen LogP contribution in [0.4, 0.5) is 5.95 Å². The number of amides is 1. The van der Waals surface area contributed by atoms with Gasteiger partial charge in [-0.1, -0.05) is 51.3 Å². The van der Waals surface area contributed by atoms with Crippen LogP contribution < -0.4 is 5.32 Å². The van der Waals surface area contributed by atoms with Gasteiger partial charge < -0.3 is 19.7 Å². The van der Waals surface area contributed by atoms with E-state index >= 15 is 0 Å². The number of nitrogens with one attached hydrogen (secondary N) is 1. The number of unbranched alkanes of at least 4 members (excludes halogenated alkanes) is 2. The van der Waals surface area contributed by atoms with Crippen LogP contribution in [0.3, 0.4) is 0 Å². The first kappa shape index (κ1) is 28.6. The second-order valence-electron chi connectivity index (χ2n) is 11.2. The highest BCUT2D eigenvalue weighted by Crippen LogP contribution is 2.28. The number of hydrogen-bond donors (Lipinski definition) is 1. The van der Waals surface area contributed by atoms with Gasteiger partial charge in [0, 0.05) is 36.4 Å². The van der Waals surface area contributed by atoms with Crippen LogP contribution >= 0.6 is 11.3 Å². The minimum atomic E-state index is 0.143. The zero-order valence-electron chi connectivity index (χ0n) is 24.3. The quantitative estimate of drug-likeness (QED) is 0.171. The Morgan fingerprint density at radius 3 is 2.52 bits per heavy atom. The molecule has 6 nitrogen and oxygen atoms in total. The minimum absolute atomic E-state index is 0.143. The SMILES string of the molecule is CCCCN(CCCC)C(=O)c1ccc2nc(NCc3csc4ccccc34)n(CCCN3CCCCC3)c2c1. The molecule has 0 saturated carbocycles. The zero-order chi connectivity index (χ0) is 27.7. The third-order valence-electron chi connectivity index (χ3n) is 8.15. The number of aryl methyl sites for hydroxylation is 1. The van der Waals surface area contributed by atoms with Crippen molar-refractivity contribution in [2.75, 3.05) is 38.0 Å². The Hall–Kier alpha value is -2.90. The highest BCUT2D eigenvalue weighted by Gasteiger charge is 2.19. The smallest absolute Gasteiger partial charge is 0.253 e. The van der Waals surface area contributed by atoms with Crippen LogP contribution in [0.1, 0.15) is 81.1 Å². The summed E-state index contributed by atoms with van der Waals surface area (Å²) in [6.45, 7) is 11.2. The lowest BCUT2D eigenvalue weighted by Gasteiger charge is -2.26. The molecule has 1 amide bonds. The van der Waals surface area contributed by atoms with E-state index in [1.54, 1.807) is 11.3 Å². The van der Waals surface area contributed by atoms with Crippen molar-refractivity contribution < 1.29 is 4.79 Å². The van der Waals surface area contributed by atoms with E-state index in [1.807, 2.05) is 17.0 Å². The van der Waals surface area contributed by atoms with Crippen LogP contribution in [0.5, 0.6) is 0 Å². The van der Waals surface area contributed by atoms with Crippen LogP contribution in [0, 0.1) is 0 Å². The Bertz CT molecular complexity index is 1380. The van der Waals surface area contributed by atoms with E-state index in [4.69, 9.17) is 4.98 Å². The molecule has 5 rings (SSSR count). The number of imidazole rings is 1. The van der Waals surface area contributed by atoms with E-state index < -0.39 is 0 Å². The zero-order valence-corrected chi connectivity index (χ0v) is 25.1. The van der Waals surface area contributed by atoms with Gasteiger partial charge in [-0.2, -0.15) is 0 Å². The molecule has 4 aromatic rings. The Kier molecular flexibility index (Phi) is 10.1. The first-order valence-electron chi connectivity index (χ1n) is 15.4. The standard InChI is InChI=1S/C33H45N5OS/c1-3-5-20-37(21-6-4-2)32(39)26-15-16-29-30(23-26)38(22-12-19-36-17-10-7-11-18-36)33(35-29)34-24-27-25-40-31-14-9-8-13-28(27)31/h8-9,13-16,23,25H,3-7,10-12,17-22,24H2,1-2H3,(H,34,35). The van der Waals surface area contributed by atoms with E-state index in [1.165, 1.54) is 48.0 Å². The summed E-state index contributed by atoms with van der Waals surface area (Å²) < 4.78 is 3.63. The molecule has 0 unspecified atom stereocenters. The number of hydrogen-bond acceptors (Lipinski definition) is 5. The summed E-state index contributed by atoms with van der Waals surface area (Å²) in [5.74, 6) is 1.03. The lowest BCUT2D eigenvalue weighted by Crippen LogP contribution is -2.33. The van der Waals surface area contributed by atoms with Gasteiger partial charge >= 0.3 is 0 Å². The van der Waals surface area contributed by atoms with Gasteiger partial charge in [-0.3, -0.25) is 4.79 Å². The van der Waals surface area contributed by atoms with Crippen LogP contribution in [0.25, 0.3) is 21.1 Å². The van der Waals surface area contributed by atoms with E-state index in [0.717, 1.165) is 87.4 Å². The topological polar surface area (TPSA) is 53.4 Å². The highest BCUT2D eigenvalue weighted by atomic mass is 32.1. The summed E-state index contributed by atoms with van der Waals surface area (Å²) in [6, 6.07) is 14.7. The van der Waals surface area contributed by atoms with Gasteiger partial charge in [-0.15, -0.1) is 11.3 Å². The number of carbonyl (C=O) groups excluding carboxylic acids is 1. The number of aromatic nitrogens is 2. The van der Waals surface area contributed by atoms with E-state index in [9.17, 15) is 4.79 Å². The van der Waals surface area contributed by atoms with Gasteiger partial charge in [0.1, 0.15) is 0 Å². The summed E-state index contributed by atoms with van der Waals surface area (Å²) in [5, 5.41) is 7.22. The molecular formula is C33H45N5OS. The summed E-state index contributed by atoms with van der Waals surface area (Å²) >= 11 is 1.79. The maximum atomic E-state index is 13.6. The van der Waals surface area contributed by atoms with Crippen LogP contribution in [0.15, 0.2) is 47.8 Å². The normalized spacial score (nSPS) is 14.2. The predicted octanol–water partition coefficient (Wildman–Crippen LogP) is 7.78. The molecule has 1 fully saturated rings. The molecule has 0 radical (unpaired) electrons. The largest absolute Gasteiger partial charge is 0.351 e. The Morgan fingerprint density at radius 2 is 1.75 bits per heavy atom. The maximum absolute atomic E-state index is 13.6. The van der Waals surface area contributed by atoms with Crippen molar-refractivity contribution in [1.82, 2.24) is 19.4 Å². The van der Waals surface area contributed by atoms with Crippen molar-refractivity contribution >= 4 is 44.3 Å². The number of nitrogens with zero attached hydrogens (tertiary/aromatic N) is 4. The monoisotopic (exact) mass is 559 g/mol. The van der Waals surface area contributed by atoms with Gasteiger partial charge in [0.2, 0.25) is 5.95 Å². The molecule has 3 heterocycles. The molecule has 1 saturated heterocycles. The van der Waals surface area contributed by atoms with Crippen LogP contribution in [-0.4, -0.2) is 58.0 Å². The summed E-state index contributed by atoms with van der Waals surface area (Å²) in [4.78, 5) is 23.3. The molecule has 1 aliphatic rings. The van der Waals surface area contributed by atoms with Crippen molar-refractivity contribution in [2.45, 2.75) is 78.3 Å². The maximum Gasteiger partial charge on any atom is 0.253 e. The number of rotatable bonds is 14. The third-order valence-corrected chi connectivity index (χ3v) is 9.16. The molecule has 1 N–H and O–H groups in total. The number of likely N-dealkylation sites (tertiary alicyclic amines) is 1. The van der Waals surface area contributed by atoms with Gasteiger partial charge in [0.05, 0.1) is 11.0 Å². The van der Waals surface area contributed by atoms with Crippen LogP contribution in [-0.2, 0) is 13.1 Å². The average molecular weight is 560 g/mol. The second kappa shape index (κ2) is 14.1. The molecule has 2 aromatic carbocycles. The van der Waals surface area contributed by atoms with Crippen molar-refractivity contribution in [3.05, 3.63) is 59.0 Å². The summed E-state index contributed by atoms with van der Waals surface area (Å²) in [6.07, 6.45) is 9.31. The number of anilines is 1. The fourth-order valence-corrected chi connectivity index (χ4v) is 6.75. The van der Waals surface area contributed by atoms with Gasteiger partial charge in [-0.25, -0.2) is 4.98 Å². The number of piperidine rings is 1. The minimum Gasteiger partial charge on any atom is -0.351 e. The number of carbonyl (C=O) groups is 1. The fraction of sp³-hybridized carbons (Fsp3) is 0.515.